The van der Waals surface area contributed by atoms with Gasteiger partial charge in [-0.05, 0) is 57.7 Å². The van der Waals surface area contributed by atoms with Crippen LogP contribution in [0.1, 0.15) is 57.9 Å². The minimum Gasteiger partial charge on any atom is -0.444 e. The molecule has 2 aromatic heterocycles. The molecule has 1 aliphatic carbocycles. The van der Waals surface area contributed by atoms with Gasteiger partial charge in [-0.15, -0.1) is 22.7 Å². The number of nitrogens with one attached hydrogen (secondary N) is 2. The molecule has 192 valence electrons. The van der Waals surface area contributed by atoms with Crippen LogP contribution >= 0.6 is 22.7 Å². The second-order valence-corrected chi connectivity index (χ2v) is 13.2. The fraction of sp³-hybridized carbons (Fsp3) is 0.519. The molecular weight excluding hydrogens is 492 g/mol. The van der Waals surface area contributed by atoms with Crippen LogP contribution in [-0.4, -0.2) is 46.1 Å². The van der Waals surface area contributed by atoms with Crippen molar-refractivity contribution < 1.29 is 14.3 Å². The molecule has 0 atom stereocenters. The number of para-hydroxylation sites is 1. The van der Waals surface area contributed by atoms with Crippen molar-refractivity contribution in [1.82, 2.24) is 15.2 Å². The number of aromatic nitrogens is 1. The lowest BCUT2D eigenvalue weighted by Crippen LogP contribution is -2.48. The van der Waals surface area contributed by atoms with Crippen LogP contribution in [0.3, 0.4) is 0 Å². The summed E-state index contributed by atoms with van der Waals surface area (Å²) in [5.74, 6) is 0.0867. The molecule has 2 amide bonds. The highest BCUT2D eigenvalue weighted by atomic mass is 32.1. The summed E-state index contributed by atoms with van der Waals surface area (Å²) in [4.78, 5) is 33.9. The summed E-state index contributed by atoms with van der Waals surface area (Å²) in [6, 6.07) is 8.90. The number of anilines is 1. The molecule has 2 aliphatic rings. The summed E-state index contributed by atoms with van der Waals surface area (Å²) in [6.45, 7) is 11.0. The molecule has 9 heteroatoms. The first-order chi connectivity index (χ1) is 17.1. The number of carbonyl (C=O) groups is 2. The normalized spacial score (nSPS) is 19.8. The highest BCUT2D eigenvalue weighted by molar-refractivity contribution is 7.22. The van der Waals surface area contributed by atoms with Crippen LogP contribution in [0.5, 0.6) is 0 Å². The molecule has 36 heavy (non-hydrogen) atoms. The number of hydrogen-bond acceptors (Lipinski definition) is 7. The van der Waals surface area contributed by atoms with Crippen LogP contribution in [0.2, 0.25) is 0 Å². The molecular formula is C27H34N4O3S2. The van der Waals surface area contributed by atoms with Gasteiger partial charge in [-0.25, -0.2) is 9.78 Å². The summed E-state index contributed by atoms with van der Waals surface area (Å²) in [6.07, 6.45) is 2.14. The molecule has 5 rings (SSSR count). The fourth-order valence-electron chi connectivity index (χ4n) is 4.82. The van der Waals surface area contributed by atoms with Gasteiger partial charge < -0.3 is 20.3 Å². The Balaban J connectivity index is 1.44. The second-order valence-electron chi connectivity index (χ2n) is 11.0. The highest BCUT2D eigenvalue weighted by Crippen LogP contribution is 2.46. The Hall–Kier alpha value is -2.49. The molecule has 0 unspecified atom stereocenters. The molecule has 7 nitrogen and oxygen atoms in total. The molecule has 0 bridgehead atoms. The number of thiophene rings is 1. The lowest BCUT2D eigenvalue weighted by molar-refractivity contribution is -0.123. The number of hydrogen-bond donors (Lipinski definition) is 2. The number of nitrogens with zero attached hydrogens (tertiary/aromatic N) is 2. The van der Waals surface area contributed by atoms with E-state index in [1.54, 1.807) is 27.6 Å². The maximum atomic E-state index is 13.2. The standard InChI is InChI=1S/C27H34N4O3S2/c1-15(2)28-17-12-16(13-17)23(32)30-25-22(24-29-19-8-6-7-9-21(19)36-24)18-14-31(11-10-20(18)35-25)26(33)34-27(3,4)5/h6-9,15-17,28H,10-14H2,1-5H3,(H,30,32). The smallest absolute Gasteiger partial charge is 0.410 e. The predicted octanol–water partition coefficient (Wildman–Crippen LogP) is 6.03. The molecule has 3 heterocycles. The fourth-order valence-corrected chi connectivity index (χ4v) is 7.13. The quantitative estimate of drug-likeness (QED) is 0.424. The third kappa shape index (κ3) is 5.28. The van der Waals surface area contributed by atoms with Gasteiger partial charge in [-0.1, -0.05) is 26.0 Å². The van der Waals surface area contributed by atoms with E-state index in [-0.39, 0.29) is 17.9 Å². The van der Waals surface area contributed by atoms with E-state index in [9.17, 15) is 9.59 Å². The maximum absolute atomic E-state index is 13.2. The average Bonchev–Trinajstić information content (AvgIpc) is 3.34. The number of carbonyl (C=O) groups excluding carboxylic acids is 2. The Kier molecular flexibility index (Phi) is 6.82. The van der Waals surface area contributed by atoms with E-state index in [1.165, 1.54) is 4.88 Å². The topological polar surface area (TPSA) is 83.6 Å². The summed E-state index contributed by atoms with van der Waals surface area (Å²) in [7, 11) is 0. The largest absolute Gasteiger partial charge is 0.444 e. The highest BCUT2D eigenvalue weighted by Gasteiger charge is 2.36. The summed E-state index contributed by atoms with van der Waals surface area (Å²) in [5, 5.41) is 8.49. The van der Waals surface area contributed by atoms with E-state index in [1.807, 2.05) is 39.0 Å². The van der Waals surface area contributed by atoms with E-state index in [2.05, 4.69) is 30.5 Å². The van der Waals surface area contributed by atoms with E-state index in [4.69, 9.17) is 9.72 Å². The third-order valence-electron chi connectivity index (χ3n) is 6.52. The third-order valence-corrected chi connectivity index (χ3v) is 8.78. The molecule has 1 saturated carbocycles. The van der Waals surface area contributed by atoms with Crippen LogP contribution in [0.4, 0.5) is 9.80 Å². The van der Waals surface area contributed by atoms with E-state index >= 15 is 0 Å². The molecule has 1 aromatic carbocycles. The number of ether oxygens (including phenoxy) is 1. The Labute approximate surface area is 220 Å². The second kappa shape index (κ2) is 9.76. The van der Waals surface area contributed by atoms with Crippen molar-refractivity contribution in [3.8, 4) is 10.6 Å². The summed E-state index contributed by atoms with van der Waals surface area (Å²) < 4.78 is 6.75. The lowest BCUT2D eigenvalue weighted by atomic mass is 9.79. The molecule has 1 fully saturated rings. The Morgan fingerprint density at radius 3 is 2.61 bits per heavy atom. The van der Waals surface area contributed by atoms with Crippen molar-refractivity contribution in [2.75, 3.05) is 11.9 Å². The summed E-state index contributed by atoms with van der Waals surface area (Å²) in [5.41, 5.74) is 2.41. The number of thiazole rings is 1. The van der Waals surface area contributed by atoms with Crippen LogP contribution < -0.4 is 10.6 Å². The van der Waals surface area contributed by atoms with Gasteiger partial charge >= 0.3 is 6.09 Å². The van der Waals surface area contributed by atoms with Crippen LogP contribution in [0, 0.1) is 5.92 Å². The molecule has 2 N–H and O–H groups in total. The van der Waals surface area contributed by atoms with Gasteiger partial charge in [0, 0.05) is 29.4 Å². The van der Waals surface area contributed by atoms with Gasteiger partial charge in [-0.2, -0.15) is 0 Å². The minimum atomic E-state index is -0.550. The van der Waals surface area contributed by atoms with Crippen molar-refractivity contribution in [1.29, 1.82) is 0 Å². The molecule has 1 aliphatic heterocycles. The lowest BCUT2D eigenvalue weighted by Gasteiger charge is -2.36. The van der Waals surface area contributed by atoms with Gasteiger partial charge in [0.2, 0.25) is 5.91 Å². The zero-order valence-electron chi connectivity index (χ0n) is 21.5. The van der Waals surface area contributed by atoms with Crippen molar-refractivity contribution >= 4 is 49.9 Å². The van der Waals surface area contributed by atoms with Gasteiger partial charge in [0.25, 0.3) is 0 Å². The predicted molar refractivity (Wildman–Crippen MR) is 147 cm³/mol. The number of rotatable bonds is 5. The summed E-state index contributed by atoms with van der Waals surface area (Å²) >= 11 is 3.25. The van der Waals surface area contributed by atoms with Crippen molar-refractivity contribution in [2.45, 2.75) is 78.1 Å². The van der Waals surface area contributed by atoms with Crippen LogP contribution in [0.25, 0.3) is 20.8 Å². The first-order valence-electron chi connectivity index (χ1n) is 12.6. The van der Waals surface area contributed by atoms with E-state index in [0.29, 0.717) is 25.2 Å². The molecule has 0 saturated heterocycles. The SMILES string of the molecule is CC(C)NC1CC(C(=O)Nc2sc3c(c2-c2nc4ccccc4s2)CN(C(=O)OC(C)(C)C)CC3)C1. The monoisotopic (exact) mass is 526 g/mol. The zero-order valence-corrected chi connectivity index (χ0v) is 23.1. The Morgan fingerprint density at radius 1 is 1.17 bits per heavy atom. The Morgan fingerprint density at radius 2 is 1.92 bits per heavy atom. The van der Waals surface area contributed by atoms with Crippen molar-refractivity contribution in [2.24, 2.45) is 5.92 Å². The molecule has 0 radical (unpaired) electrons. The maximum Gasteiger partial charge on any atom is 0.410 e. The van der Waals surface area contributed by atoms with Crippen molar-refractivity contribution in [3.63, 3.8) is 0 Å². The Bertz CT molecular complexity index is 1250. The van der Waals surface area contributed by atoms with Gasteiger partial charge in [0.05, 0.1) is 22.3 Å². The average molecular weight is 527 g/mol. The van der Waals surface area contributed by atoms with Gasteiger partial charge in [0.1, 0.15) is 15.6 Å². The van der Waals surface area contributed by atoms with E-state index in [0.717, 1.165) is 50.6 Å². The van der Waals surface area contributed by atoms with Gasteiger partial charge in [-0.3, -0.25) is 4.79 Å². The number of fused-ring (bicyclic) bond motifs is 2. The first kappa shape index (κ1) is 25.2. The van der Waals surface area contributed by atoms with Crippen molar-refractivity contribution in [3.05, 3.63) is 34.7 Å². The van der Waals surface area contributed by atoms with Crippen LogP contribution in [0.15, 0.2) is 24.3 Å². The molecule has 0 spiro atoms. The zero-order chi connectivity index (χ0) is 25.6. The minimum absolute atomic E-state index is 0.0156. The first-order valence-corrected chi connectivity index (χ1v) is 14.3. The number of amides is 2. The number of benzene rings is 1. The van der Waals surface area contributed by atoms with Crippen LogP contribution in [-0.2, 0) is 22.5 Å². The van der Waals surface area contributed by atoms with E-state index < -0.39 is 5.60 Å². The van der Waals surface area contributed by atoms with Gasteiger partial charge in [0.15, 0.2) is 0 Å². The molecule has 3 aromatic rings.